The van der Waals surface area contributed by atoms with Crippen LogP contribution in [-0.4, -0.2) is 68.3 Å². The average molecular weight is 456 g/mol. The van der Waals surface area contributed by atoms with Crippen LogP contribution in [0.1, 0.15) is 31.0 Å². The van der Waals surface area contributed by atoms with Crippen LogP contribution >= 0.6 is 0 Å². The molecule has 1 saturated heterocycles. The first-order chi connectivity index (χ1) is 16.0. The predicted octanol–water partition coefficient (Wildman–Crippen LogP) is 3.23. The van der Waals surface area contributed by atoms with E-state index in [1.807, 2.05) is 42.5 Å². The van der Waals surface area contributed by atoms with Crippen LogP contribution in [0.3, 0.4) is 0 Å². The van der Waals surface area contributed by atoms with E-state index in [-0.39, 0.29) is 31.3 Å². The molecule has 1 atom stereocenters. The summed E-state index contributed by atoms with van der Waals surface area (Å²) in [6, 6.07) is 16.0. The fourth-order valence-electron chi connectivity index (χ4n) is 3.63. The lowest BCUT2D eigenvalue weighted by molar-refractivity contribution is -0.130. The molecule has 2 amide bonds. The molecule has 2 aromatic carbocycles. The molecule has 8 heteroatoms. The highest BCUT2D eigenvalue weighted by molar-refractivity contribution is 5.74. The standard InChI is InChI=1S/C25H33N3O5/c1-19(22-7-5-8-23(17-22)31-3)26-18-21-6-4-9-24(16-21)32-14-15-33-25(30)28-12-10-27(11-13-28)20(2)29/h4-9,16-17,19,26H,10-15,18H2,1-3H3/t19-/m1/s1. The molecule has 0 spiro atoms. The summed E-state index contributed by atoms with van der Waals surface area (Å²) in [4.78, 5) is 26.9. The van der Waals surface area contributed by atoms with E-state index < -0.39 is 0 Å². The van der Waals surface area contributed by atoms with Crippen molar-refractivity contribution in [3.8, 4) is 11.5 Å². The van der Waals surface area contributed by atoms with Gasteiger partial charge in [0.1, 0.15) is 24.7 Å². The second kappa shape index (κ2) is 12.1. The second-order valence-electron chi connectivity index (χ2n) is 7.98. The summed E-state index contributed by atoms with van der Waals surface area (Å²) in [5, 5.41) is 3.51. The van der Waals surface area contributed by atoms with Crippen molar-refractivity contribution in [2.24, 2.45) is 0 Å². The largest absolute Gasteiger partial charge is 0.497 e. The fraction of sp³-hybridized carbons (Fsp3) is 0.440. The topological polar surface area (TPSA) is 80.3 Å². The number of ether oxygens (including phenoxy) is 3. The van der Waals surface area contributed by atoms with E-state index in [0.29, 0.717) is 32.7 Å². The number of nitrogens with one attached hydrogen (secondary N) is 1. The maximum absolute atomic E-state index is 12.2. The Hall–Kier alpha value is -3.26. The van der Waals surface area contributed by atoms with Gasteiger partial charge in [0.05, 0.1) is 7.11 Å². The molecule has 0 saturated carbocycles. The number of carbonyl (C=O) groups excluding carboxylic acids is 2. The number of carbonyl (C=O) groups is 2. The van der Waals surface area contributed by atoms with E-state index in [1.165, 1.54) is 6.92 Å². The Kier molecular flexibility index (Phi) is 8.95. The van der Waals surface area contributed by atoms with Crippen molar-refractivity contribution in [3.05, 3.63) is 59.7 Å². The molecule has 2 aromatic rings. The Morgan fingerprint density at radius 2 is 1.67 bits per heavy atom. The number of piperazine rings is 1. The van der Waals surface area contributed by atoms with E-state index in [0.717, 1.165) is 22.6 Å². The van der Waals surface area contributed by atoms with Crippen LogP contribution in [0.4, 0.5) is 4.79 Å². The number of amides is 2. The number of rotatable bonds is 9. The normalized spacial score (nSPS) is 14.5. The molecule has 0 bridgehead atoms. The molecule has 0 radical (unpaired) electrons. The Balaban J connectivity index is 1.38. The van der Waals surface area contributed by atoms with Gasteiger partial charge in [-0.1, -0.05) is 24.3 Å². The van der Waals surface area contributed by atoms with E-state index in [9.17, 15) is 9.59 Å². The van der Waals surface area contributed by atoms with E-state index in [2.05, 4.69) is 18.3 Å². The Morgan fingerprint density at radius 3 is 2.39 bits per heavy atom. The van der Waals surface area contributed by atoms with Crippen LogP contribution in [-0.2, 0) is 16.1 Å². The highest BCUT2D eigenvalue weighted by atomic mass is 16.6. The minimum atomic E-state index is -0.369. The maximum Gasteiger partial charge on any atom is 0.410 e. The summed E-state index contributed by atoms with van der Waals surface area (Å²) in [6.45, 7) is 6.84. The van der Waals surface area contributed by atoms with E-state index >= 15 is 0 Å². The fourth-order valence-corrected chi connectivity index (χ4v) is 3.63. The smallest absolute Gasteiger partial charge is 0.410 e. The van der Waals surface area contributed by atoms with Crippen molar-refractivity contribution in [2.75, 3.05) is 46.5 Å². The van der Waals surface area contributed by atoms with Crippen molar-refractivity contribution in [1.29, 1.82) is 0 Å². The van der Waals surface area contributed by atoms with Gasteiger partial charge >= 0.3 is 6.09 Å². The number of nitrogens with zero attached hydrogens (tertiary/aromatic N) is 2. The number of methoxy groups -OCH3 is 1. The molecule has 178 valence electrons. The molecule has 0 aliphatic carbocycles. The summed E-state index contributed by atoms with van der Waals surface area (Å²) in [5.74, 6) is 1.61. The number of hydrogen-bond donors (Lipinski definition) is 1. The first-order valence-electron chi connectivity index (χ1n) is 11.2. The summed E-state index contributed by atoms with van der Waals surface area (Å²) < 4.78 is 16.4. The monoisotopic (exact) mass is 455 g/mol. The molecule has 33 heavy (non-hydrogen) atoms. The van der Waals surface area contributed by atoms with Gasteiger partial charge in [0.15, 0.2) is 0 Å². The molecule has 1 aliphatic heterocycles. The zero-order chi connectivity index (χ0) is 23.6. The summed E-state index contributed by atoms with van der Waals surface area (Å²) >= 11 is 0. The van der Waals surface area contributed by atoms with E-state index in [1.54, 1.807) is 16.9 Å². The van der Waals surface area contributed by atoms with Gasteiger partial charge in [-0.15, -0.1) is 0 Å². The highest BCUT2D eigenvalue weighted by Crippen LogP contribution is 2.20. The lowest BCUT2D eigenvalue weighted by Crippen LogP contribution is -2.50. The summed E-state index contributed by atoms with van der Waals surface area (Å²) in [6.07, 6.45) is -0.369. The molecule has 0 unspecified atom stereocenters. The third kappa shape index (κ3) is 7.39. The van der Waals surface area contributed by atoms with Gasteiger partial charge in [-0.05, 0) is 42.3 Å². The van der Waals surface area contributed by atoms with Crippen molar-refractivity contribution in [1.82, 2.24) is 15.1 Å². The molecule has 1 aliphatic rings. The average Bonchev–Trinajstić information content (AvgIpc) is 2.85. The van der Waals surface area contributed by atoms with Crippen molar-refractivity contribution >= 4 is 12.0 Å². The third-order valence-corrected chi connectivity index (χ3v) is 5.67. The lowest BCUT2D eigenvalue weighted by atomic mass is 10.1. The first-order valence-corrected chi connectivity index (χ1v) is 11.2. The Morgan fingerprint density at radius 1 is 0.970 bits per heavy atom. The number of hydrogen-bond acceptors (Lipinski definition) is 6. The van der Waals surface area contributed by atoms with Gasteiger partial charge in [-0.2, -0.15) is 0 Å². The van der Waals surface area contributed by atoms with Crippen LogP contribution in [0.15, 0.2) is 48.5 Å². The SMILES string of the molecule is COc1cccc([C@@H](C)NCc2cccc(OCCOC(=O)N3CCN(C(C)=O)CC3)c2)c1. The van der Waals surface area contributed by atoms with Crippen molar-refractivity contribution in [2.45, 2.75) is 26.4 Å². The number of benzene rings is 2. The van der Waals surface area contributed by atoms with Crippen LogP contribution in [0, 0.1) is 0 Å². The van der Waals surface area contributed by atoms with Gasteiger partial charge in [0.25, 0.3) is 0 Å². The van der Waals surface area contributed by atoms with Crippen molar-refractivity contribution in [3.63, 3.8) is 0 Å². The maximum atomic E-state index is 12.2. The predicted molar refractivity (Wildman–Crippen MR) is 125 cm³/mol. The van der Waals surface area contributed by atoms with Crippen LogP contribution in [0.2, 0.25) is 0 Å². The molecular formula is C25H33N3O5. The summed E-state index contributed by atoms with van der Waals surface area (Å²) in [5.41, 5.74) is 2.26. The summed E-state index contributed by atoms with van der Waals surface area (Å²) in [7, 11) is 1.67. The minimum Gasteiger partial charge on any atom is -0.497 e. The molecule has 1 N–H and O–H groups in total. The van der Waals surface area contributed by atoms with Gasteiger partial charge in [-0.25, -0.2) is 4.79 Å². The van der Waals surface area contributed by atoms with Gasteiger partial charge in [0.2, 0.25) is 5.91 Å². The molecular weight excluding hydrogens is 422 g/mol. The molecule has 3 rings (SSSR count). The molecule has 1 heterocycles. The second-order valence-corrected chi connectivity index (χ2v) is 7.98. The molecule has 1 fully saturated rings. The van der Waals surface area contributed by atoms with Gasteiger partial charge in [-0.3, -0.25) is 4.79 Å². The quantitative estimate of drug-likeness (QED) is 0.585. The zero-order valence-electron chi connectivity index (χ0n) is 19.6. The van der Waals surface area contributed by atoms with Gasteiger partial charge in [0, 0.05) is 45.7 Å². The minimum absolute atomic E-state index is 0.0311. The van der Waals surface area contributed by atoms with Crippen LogP contribution in [0.25, 0.3) is 0 Å². The Bertz CT molecular complexity index is 928. The highest BCUT2D eigenvalue weighted by Gasteiger charge is 2.23. The molecule has 0 aromatic heterocycles. The molecule has 8 nitrogen and oxygen atoms in total. The zero-order valence-corrected chi connectivity index (χ0v) is 19.6. The van der Waals surface area contributed by atoms with Crippen LogP contribution < -0.4 is 14.8 Å². The van der Waals surface area contributed by atoms with Crippen molar-refractivity contribution < 1.29 is 23.8 Å². The first kappa shape index (κ1) is 24.4. The van der Waals surface area contributed by atoms with Crippen LogP contribution in [0.5, 0.6) is 11.5 Å². The lowest BCUT2D eigenvalue weighted by Gasteiger charge is -2.33. The third-order valence-electron chi connectivity index (χ3n) is 5.67. The van der Waals surface area contributed by atoms with E-state index in [4.69, 9.17) is 14.2 Å². The van der Waals surface area contributed by atoms with Gasteiger partial charge < -0.3 is 29.3 Å². The Labute approximate surface area is 195 Å².